The number of nitrogens with zero attached hydrogens (tertiary/aromatic N) is 2. The minimum atomic E-state index is 0.313. The second-order valence-electron chi connectivity index (χ2n) is 4.84. The molecule has 1 atom stereocenters. The van der Waals surface area contributed by atoms with Crippen molar-refractivity contribution in [2.75, 3.05) is 12.3 Å². The zero-order chi connectivity index (χ0) is 15.1. The molecule has 0 aliphatic rings. The third-order valence-corrected chi connectivity index (χ3v) is 4.63. The SMILES string of the molecule is CCCNC(CSc1ccc(Cl)cc1)c1ccnn1CC. The van der Waals surface area contributed by atoms with Gasteiger partial charge < -0.3 is 5.32 Å². The molecule has 2 aromatic rings. The van der Waals surface area contributed by atoms with Crippen LogP contribution in [0.15, 0.2) is 41.4 Å². The van der Waals surface area contributed by atoms with Gasteiger partial charge in [0.2, 0.25) is 0 Å². The molecule has 1 aromatic heterocycles. The first-order valence-electron chi connectivity index (χ1n) is 7.38. The van der Waals surface area contributed by atoms with Crippen molar-refractivity contribution >= 4 is 23.4 Å². The lowest BCUT2D eigenvalue weighted by atomic mass is 10.2. The summed E-state index contributed by atoms with van der Waals surface area (Å²) < 4.78 is 2.07. The summed E-state index contributed by atoms with van der Waals surface area (Å²) in [7, 11) is 0. The van der Waals surface area contributed by atoms with Crippen molar-refractivity contribution in [1.29, 1.82) is 0 Å². The van der Waals surface area contributed by atoms with Gasteiger partial charge in [0.05, 0.1) is 11.7 Å². The molecule has 0 aliphatic heterocycles. The number of aromatic nitrogens is 2. The topological polar surface area (TPSA) is 29.9 Å². The monoisotopic (exact) mass is 323 g/mol. The van der Waals surface area contributed by atoms with Gasteiger partial charge in [-0.3, -0.25) is 4.68 Å². The average molecular weight is 324 g/mol. The van der Waals surface area contributed by atoms with E-state index in [9.17, 15) is 0 Å². The van der Waals surface area contributed by atoms with Crippen LogP contribution in [0.25, 0.3) is 0 Å². The molecular weight excluding hydrogens is 302 g/mol. The molecule has 1 N–H and O–H groups in total. The summed E-state index contributed by atoms with van der Waals surface area (Å²) in [5.41, 5.74) is 1.26. The van der Waals surface area contributed by atoms with Gasteiger partial charge in [-0.1, -0.05) is 18.5 Å². The van der Waals surface area contributed by atoms with E-state index >= 15 is 0 Å². The van der Waals surface area contributed by atoms with Crippen LogP contribution in [-0.2, 0) is 6.54 Å². The van der Waals surface area contributed by atoms with Crippen molar-refractivity contribution in [3.05, 3.63) is 47.2 Å². The van der Waals surface area contributed by atoms with Crippen molar-refractivity contribution in [3.63, 3.8) is 0 Å². The van der Waals surface area contributed by atoms with Gasteiger partial charge in [-0.15, -0.1) is 11.8 Å². The first-order valence-corrected chi connectivity index (χ1v) is 8.74. The molecule has 0 radical (unpaired) electrons. The normalized spacial score (nSPS) is 12.5. The van der Waals surface area contributed by atoms with Crippen molar-refractivity contribution in [2.24, 2.45) is 0 Å². The molecule has 0 fully saturated rings. The Kier molecular flexibility index (Phi) is 6.61. The molecule has 114 valence electrons. The standard InChI is InChI=1S/C16H22ClN3S/c1-3-10-18-15(16-9-11-19-20(16)4-2)12-21-14-7-5-13(17)6-8-14/h5-9,11,15,18H,3-4,10,12H2,1-2H3. The molecule has 1 unspecified atom stereocenters. The maximum Gasteiger partial charge on any atom is 0.0587 e. The van der Waals surface area contributed by atoms with Gasteiger partial charge in [0.25, 0.3) is 0 Å². The third-order valence-electron chi connectivity index (χ3n) is 3.28. The van der Waals surface area contributed by atoms with Crippen LogP contribution in [0.3, 0.4) is 0 Å². The van der Waals surface area contributed by atoms with Crippen molar-refractivity contribution in [3.8, 4) is 0 Å². The first-order chi connectivity index (χ1) is 10.2. The van der Waals surface area contributed by atoms with Gasteiger partial charge >= 0.3 is 0 Å². The van der Waals surface area contributed by atoms with E-state index in [1.54, 1.807) is 0 Å². The molecule has 0 aliphatic carbocycles. The van der Waals surface area contributed by atoms with Gasteiger partial charge in [-0.25, -0.2) is 0 Å². The molecular formula is C16H22ClN3S. The molecule has 0 bridgehead atoms. The van der Waals surface area contributed by atoms with Crippen molar-refractivity contribution < 1.29 is 0 Å². The minimum absolute atomic E-state index is 0.313. The molecule has 0 amide bonds. The third kappa shape index (κ3) is 4.77. The number of halogens is 1. The number of nitrogens with one attached hydrogen (secondary N) is 1. The van der Waals surface area contributed by atoms with E-state index in [1.807, 2.05) is 30.1 Å². The summed E-state index contributed by atoms with van der Waals surface area (Å²) in [6.07, 6.45) is 3.01. The van der Waals surface area contributed by atoms with Crippen LogP contribution in [0, 0.1) is 0 Å². The highest BCUT2D eigenvalue weighted by Crippen LogP contribution is 2.26. The van der Waals surface area contributed by atoms with Gasteiger partial charge in [-0.2, -0.15) is 5.10 Å². The van der Waals surface area contributed by atoms with Crippen LogP contribution >= 0.6 is 23.4 Å². The maximum atomic E-state index is 5.93. The Morgan fingerprint density at radius 1 is 1.24 bits per heavy atom. The predicted octanol–water partition coefficient (Wildman–Crippen LogP) is 4.39. The summed E-state index contributed by atoms with van der Waals surface area (Å²) in [5.74, 6) is 0.979. The van der Waals surface area contributed by atoms with E-state index in [0.717, 1.165) is 30.3 Å². The van der Waals surface area contributed by atoms with Crippen molar-refractivity contribution in [2.45, 2.75) is 37.8 Å². The summed E-state index contributed by atoms with van der Waals surface area (Å²) >= 11 is 7.77. The Morgan fingerprint density at radius 2 is 2.00 bits per heavy atom. The molecule has 0 saturated carbocycles. The van der Waals surface area contributed by atoms with Crippen LogP contribution in [0.2, 0.25) is 5.02 Å². The second-order valence-corrected chi connectivity index (χ2v) is 6.37. The Hall–Kier alpha value is -0.970. The van der Waals surface area contributed by atoms with Gasteiger partial charge in [0, 0.05) is 28.4 Å². The van der Waals surface area contributed by atoms with Crippen molar-refractivity contribution in [1.82, 2.24) is 15.1 Å². The van der Waals surface area contributed by atoms with E-state index < -0.39 is 0 Å². The summed E-state index contributed by atoms with van der Waals surface area (Å²) in [6, 6.07) is 10.4. The fourth-order valence-electron chi connectivity index (χ4n) is 2.18. The molecule has 0 spiro atoms. The lowest BCUT2D eigenvalue weighted by molar-refractivity contribution is 0.514. The number of hydrogen-bond donors (Lipinski definition) is 1. The zero-order valence-electron chi connectivity index (χ0n) is 12.6. The Labute approximate surface area is 136 Å². The quantitative estimate of drug-likeness (QED) is 0.731. The summed E-state index contributed by atoms with van der Waals surface area (Å²) in [6.45, 7) is 6.23. The van der Waals surface area contributed by atoms with E-state index in [2.05, 4.69) is 47.1 Å². The van der Waals surface area contributed by atoms with Gasteiger partial charge in [0.15, 0.2) is 0 Å². The van der Waals surface area contributed by atoms with Crippen LogP contribution in [0.4, 0.5) is 0 Å². The molecule has 0 saturated heterocycles. The van der Waals surface area contributed by atoms with Gasteiger partial charge in [0.1, 0.15) is 0 Å². The number of hydrogen-bond acceptors (Lipinski definition) is 3. The van der Waals surface area contributed by atoms with Crippen LogP contribution < -0.4 is 5.32 Å². The number of benzene rings is 1. The molecule has 21 heavy (non-hydrogen) atoms. The van der Waals surface area contributed by atoms with E-state index in [-0.39, 0.29) is 0 Å². The Balaban J connectivity index is 2.04. The number of thioether (sulfide) groups is 1. The van der Waals surface area contributed by atoms with Crippen LogP contribution in [0.5, 0.6) is 0 Å². The molecule has 2 rings (SSSR count). The number of aryl methyl sites for hydroxylation is 1. The zero-order valence-corrected chi connectivity index (χ0v) is 14.1. The van der Waals surface area contributed by atoms with Gasteiger partial charge in [-0.05, 0) is 50.2 Å². The van der Waals surface area contributed by atoms with E-state index in [4.69, 9.17) is 11.6 Å². The minimum Gasteiger partial charge on any atom is -0.308 e. The fraction of sp³-hybridized carbons (Fsp3) is 0.438. The van der Waals surface area contributed by atoms with E-state index in [0.29, 0.717) is 6.04 Å². The van der Waals surface area contributed by atoms with Crippen LogP contribution in [-0.4, -0.2) is 22.1 Å². The molecule has 3 nitrogen and oxygen atoms in total. The fourth-order valence-corrected chi connectivity index (χ4v) is 3.28. The Bertz CT molecular complexity index is 539. The smallest absolute Gasteiger partial charge is 0.0587 e. The predicted molar refractivity (Wildman–Crippen MR) is 91.1 cm³/mol. The largest absolute Gasteiger partial charge is 0.308 e. The lowest BCUT2D eigenvalue weighted by Crippen LogP contribution is -2.26. The molecule has 5 heteroatoms. The maximum absolute atomic E-state index is 5.93. The number of rotatable bonds is 8. The lowest BCUT2D eigenvalue weighted by Gasteiger charge is -2.19. The second kappa shape index (κ2) is 8.47. The summed E-state index contributed by atoms with van der Waals surface area (Å²) in [5, 5.41) is 8.78. The highest BCUT2D eigenvalue weighted by Gasteiger charge is 2.15. The average Bonchev–Trinajstić information content (AvgIpc) is 2.97. The highest BCUT2D eigenvalue weighted by molar-refractivity contribution is 7.99. The molecule has 1 aromatic carbocycles. The molecule has 1 heterocycles. The summed E-state index contributed by atoms with van der Waals surface area (Å²) in [4.78, 5) is 1.24. The Morgan fingerprint density at radius 3 is 2.67 bits per heavy atom. The highest BCUT2D eigenvalue weighted by atomic mass is 35.5. The van der Waals surface area contributed by atoms with Crippen LogP contribution in [0.1, 0.15) is 32.0 Å². The van der Waals surface area contributed by atoms with E-state index in [1.165, 1.54) is 10.6 Å². The first kappa shape index (κ1) is 16.4.